The van der Waals surface area contributed by atoms with Gasteiger partial charge in [0.2, 0.25) is 11.8 Å². The molecule has 0 aliphatic carbocycles. The minimum atomic E-state index is -0.0868. The fraction of sp³-hybridized carbons (Fsp3) is 0.375. The first-order valence-corrected chi connectivity index (χ1v) is 9.60. The van der Waals surface area contributed by atoms with Crippen molar-refractivity contribution in [2.75, 3.05) is 26.0 Å². The summed E-state index contributed by atoms with van der Waals surface area (Å²) < 4.78 is 11.6. The lowest BCUT2D eigenvalue weighted by Crippen LogP contribution is -2.28. The van der Waals surface area contributed by atoms with Gasteiger partial charge >= 0.3 is 0 Å². The van der Waals surface area contributed by atoms with Crippen LogP contribution in [0.1, 0.15) is 10.9 Å². The molecule has 9 heteroatoms. The fourth-order valence-corrected chi connectivity index (χ4v) is 3.69. The van der Waals surface area contributed by atoms with Gasteiger partial charge < -0.3 is 14.5 Å². The Kier molecular flexibility index (Phi) is 6.37. The van der Waals surface area contributed by atoms with Crippen LogP contribution in [-0.4, -0.2) is 47.1 Å². The Morgan fingerprint density at radius 3 is 3.04 bits per heavy atom. The Bertz CT molecular complexity index is 801. The molecule has 3 aromatic rings. The van der Waals surface area contributed by atoms with E-state index in [1.54, 1.807) is 18.4 Å². The van der Waals surface area contributed by atoms with Gasteiger partial charge in [-0.2, -0.15) is 0 Å². The van der Waals surface area contributed by atoms with E-state index in [4.69, 9.17) is 9.15 Å². The number of hydrogen-bond donors (Lipinski definition) is 1. The summed E-state index contributed by atoms with van der Waals surface area (Å²) in [4.78, 5) is 16.2. The number of ether oxygens (including phenoxy) is 1. The second kappa shape index (κ2) is 8.93. The van der Waals surface area contributed by atoms with Crippen LogP contribution in [0.5, 0.6) is 0 Å². The molecule has 1 N–H and O–H groups in total. The van der Waals surface area contributed by atoms with Gasteiger partial charge in [-0.05, 0) is 12.1 Å². The Balaban J connectivity index is 1.46. The lowest BCUT2D eigenvalue weighted by molar-refractivity contribution is -0.118. The number of nitrogens with zero attached hydrogens (tertiary/aromatic N) is 3. The number of aromatic nitrogens is 3. The largest absolute Gasteiger partial charge is 0.416 e. The molecule has 0 fully saturated rings. The van der Waals surface area contributed by atoms with Crippen LogP contribution in [0.25, 0.3) is 10.2 Å². The van der Waals surface area contributed by atoms with Gasteiger partial charge in [-0.15, -0.1) is 21.5 Å². The predicted octanol–water partition coefficient (Wildman–Crippen LogP) is 2.32. The summed E-state index contributed by atoms with van der Waals surface area (Å²) in [5, 5.41) is 12.2. The zero-order chi connectivity index (χ0) is 17.5. The van der Waals surface area contributed by atoms with Crippen molar-refractivity contribution in [1.29, 1.82) is 0 Å². The number of carbonyl (C=O) groups is 1. The molecule has 25 heavy (non-hydrogen) atoms. The lowest BCUT2D eigenvalue weighted by atomic mass is 10.3. The molecule has 1 aromatic carbocycles. The van der Waals surface area contributed by atoms with Gasteiger partial charge in [0.05, 0.1) is 27.6 Å². The van der Waals surface area contributed by atoms with Crippen LogP contribution in [0.15, 0.2) is 33.9 Å². The molecule has 0 aliphatic rings. The maximum absolute atomic E-state index is 11.6. The number of carbonyl (C=O) groups excluding carboxylic acids is 1. The van der Waals surface area contributed by atoms with E-state index in [-0.39, 0.29) is 11.7 Å². The highest BCUT2D eigenvalue weighted by molar-refractivity contribution is 7.99. The molecule has 7 nitrogen and oxygen atoms in total. The third-order valence-corrected chi connectivity index (χ3v) is 5.21. The summed E-state index contributed by atoms with van der Waals surface area (Å²) >= 11 is 2.90. The first-order valence-electron chi connectivity index (χ1n) is 7.80. The van der Waals surface area contributed by atoms with E-state index < -0.39 is 0 Å². The number of thiazole rings is 1. The van der Waals surface area contributed by atoms with Crippen LogP contribution in [0, 0.1) is 0 Å². The van der Waals surface area contributed by atoms with Crippen LogP contribution in [0.3, 0.4) is 0 Å². The topological polar surface area (TPSA) is 90.1 Å². The lowest BCUT2D eigenvalue weighted by Gasteiger charge is -2.02. The molecule has 0 saturated heterocycles. The van der Waals surface area contributed by atoms with Gasteiger partial charge in [0, 0.05) is 26.5 Å². The Morgan fingerprint density at radius 1 is 1.32 bits per heavy atom. The SMILES string of the molecule is COCCNC(=O)CSc1nnc(CCc2nc3ccccc3s2)o1. The van der Waals surface area contributed by atoms with Crippen molar-refractivity contribution in [2.45, 2.75) is 18.1 Å². The van der Waals surface area contributed by atoms with Crippen molar-refractivity contribution < 1.29 is 13.9 Å². The van der Waals surface area contributed by atoms with Gasteiger partial charge in [0.25, 0.3) is 5.22 Å². The monoisotopic (exact) mass is 378 g/mol. The van der Waals surface area contributed by atoms with E-state index in [2.05, 4.69) is 26.6 Å². The number of amides is 1. The van der Waals surface area contributed by atoms with Gasteiger partial charge in [-0.1, -0.05) is 23.9 Å². The number of fused-ring (bicyclic) bond motifs is 1. The van der Waals surface area contributed by atoms with E-state index in [1.165, 1.54) is 16.5 Å². The summed E-state index contributed by atoms with van der Waals surface area (Å²) in [6, 6.07) is 8.07. The van der Waals surface area contributed by atoms with Crippen LogP contribution in [0.4, 0.5) is 0 Å². The molecular weight excluding hydrogens is 360 g/mol. The third kappa shape index (κ3) is 5.25. The first kappa shape index (κ1) is 17.8. The molecule has 132 valence electrons. The van der Waals surface area contributed by atoms with E-state index in [1.807, 2.05) is 18.2 Å². The molecule has 3 rings (SSSR count). The quantitative estimate of drug-likeness (QED) is 0.451. The second-order valence-corrected chi connectivity index (χ2v) is 7.21. The molecule has 0 bridgehead atoms. The van der Waals surface area contributed by atoms with Crippen molar-refractivity contribution in [3.63, 3.8) is 0 Å². The van der Waals surface area contributed by atoms with E-state index in [0.717, 1.165) is 16.9 Å². The molecule has 0 atom stereocenters. The van der Waals surface area contributed by atoms with Gasteiger partial charge in [-0.25, -0.2) is 4.98 Å². The summed E-state index contributed by atoms with van der Waals surface area (Å²) in [6.07, 6.45) is 1.39. The molecule has 2 aromatic heterocycles. The maximum Gasteiger partial charge on any atom is 0.277 e. The fourth-order valence-electron chi connectivity index (χ4n) is 2.11. The first-order chi connectivity index (χ1) is 12.2. The number of benzene rings is 1. The highest BCUT2D eigenvalue weighted by Gasteiger charge is 2.11. The zero-order valence-electron chi connectivity index (χ0n) is 13.7. The second-order valence-electron chi connectivity index (χ2n) is 5.17. The molecule has 0 aliphatic heterocycles. The standard InChI is InChI=1S/C16H18N4O3S2/c1-22-9-8-17-13(21)10-24-16-20-19-14(23-16)6-7-15-18-11-4-2-3-5-12(11)25-15/h2-5H,6-10H2,1H3,(H,17,21). The van der Waals surface area contributed by atoms with Crippen molar-refractivity contribution in [1.82, 2.24) is 20.5 Å². The normalized spacial score (nSPS) is 11.1. The van der Waals surface area contributed by atoms with E-state index >= 15 is 0 Å². The molecule has 2 heterocycles. The number of para-hydroxylation sites is 1. The van der Waals surface area contributed by atoms with Crippen molar-refractivity contribution in [2.24, 2.45) is 0 Å². The van der Waals surface area contributed by atoms with Gasteiger partial charge in [0.15, 0.2) is 0 Å². The van der Waals surface area contributed by atoms with Crippen LogP contribution in [-0.2, 0) is 22.4 Å². The van der Waals surface area contributed by atoms with E-state index in [0.29, 0.717) is 30.7 Å². The minimum Gasteiger partial charge on any atom is -0.416 e. The average molecular weight is 378 g/mol. The molecule has 0 saturated carbocycles. The molecule has 0 spiro atoms. The third-order valence-electron chi connectivity index (χ3n) is 3.29. The predicted molar refractivity (Wildman–Crippen MR) is 96.9 cm³/mol. The molecular formula is C16H18N4O3S2. The summed E-state index contributed by atoms with van der Waals surface area (Å²) in [7, 11) is 1.59. The molecule has 0 radical (unpaired) electrons. The minimum absolute atomic E-state index is 0.0868. The smallest absolute Gasteiger partial charge is 0.277 e. The number of rotatable bonds is 9. The highest BCUT2D eigenvalue weighted by atomic mass is 32.2. The van der Waals surface area contributed by atoms with Crippen LogP contribution < -0.4 is 5.32 Å². The zero-order valence-corrected chi connectivity index (χ0v) is 15.4. The van der Waals surface area contributed by atoms with Gasteiger partial charge in [-0.3, -0.25) is 4.79 Å². The van der Waals surface area contributed by atoms with Crippen LogP contribution >= 0.6 is 23.1 Å². The van der Waals surface area contributed by atoms with Crippen LogP contribution in [0.2, 0.25) is 0 Å². The Hall–Kier alpha value is -1.97. The molecule has 0 unspecified atom stereocenters. The van der Waals surface area contributed by atoms with E-state index in [9.17, 15) is 4.79 Å². The summed E-state index contributed by atoms with van der Waals surface area (Å²) in [6.45, 7) is 0.986. The number of hydrogen-bond acceptors (Lipinski definition) is 8. The molecule has 1 amide bonds. The Labute approximate surface area is 153 Å². The summed E-state index contributed by atoms with van der Waals surface area (Å²) in [5.41, 5.74) is 1.02. The van der Waals surface area contributed by atoms with Gasteiger partial charge in [0.1, 0.15) is 0 Å². The number of aryl methyl sites for hydroxylation is 2. The number of thioether (sulfide) groups is 1. The number of nitrogens with one attached hydrogen (secondary N) is 1. The van der Waals surface area contributed by atoms with Crippen molar-refractivity contribution in [3.05, 3.63) is 35.2 Å². The number of methoxy groups -OCH3 is 1. The summed E-state index contributed by atoms with van der Waals surface area (Å²) in [5.74, 6) is 0.710. The van der Waals surface area contributed by atoms with Crippen molar-refractivity contribution in [3.8, 4) is 0 Å². The Morgan fingerprint density at radius 2 is 2.20 bits per heavy atom. The average Bonchev–Trinajstić information content (AvgIpc) is 3.24. The maximum atomic E-state index is 11.6. The van der Waals surface area contributed by atoms with Crippen molar-refractivity contribution >= 4 is 39.2 Å². The highest BCUT2D eigenvalue weighted by Crippen LogP contribution is 2.23.